The molecule has 3 aromatic rings. The van der Waals surface area contributed by atoms with Crippen LogP contribution in [-0.4, -0.2) is 6.54 Å². The van der Waals surface area contributed by atoms with Crippen LogP contribution >= 0.6 is 11.3 Å². The van der Waals surface area contributed by atoms with Crippen molar-refractivity contribution < 1.29 is 0 Å². The minimum atomic E-state index is 0.405. The van der Waals surface area contributed by atoms with Crippen LogP contribution in [0.1, 0.15) is 30.5 Å². The van der Waals surface area contributed by atoms with Crippen LogP contribution in [0, 0.1) is 0 Å². The minimum absolute atomic E-state index is 0.405. The first-order valence-corrected chi connectivity index (χ1v) is 8.55. The van der Waals surface area contributed by atoms with Crippen molar-refractivity contribution in [2.75, 3.05) is 6.54 Å². The second-order valence-electron chi connectivity index (χ2n) is 5.41. The van der Waals surface area contributed by atoms with Gasteiger partial charge in [-0.1, -0.05) is 49.4 Å². The van der Waals surface area contributed by atoms with Crippen LogP contribution in [0.15, 0.2) is 59.3 Å². The van der Waals surface area contributed by atoms with E-state index in [9.17, 15) is 0 Å². The molecule has 3 rings (SSSR count). The molecule has 1 aromatic heterocycles. The van der Waals surface area contributed by atoms with E-state index < -0.39 is 0 Å². The zero-order valence-electron chi connectivity index (χ0n) is 12.4. The Labute approximate surface area is 130 Å². The maximum atomic E-state index is 3.69. The molecule has 1 unspecified atom stereocenters. The van der Waals surface area contributed by atoms with Crippen molar-refractivity contribution in [2.45, 2.75) is 25.8 Å². The van der Waals surface area contributed by atoms with Gasteiger partial charge in [-0.15, -0.1) is 0 Å². The standard InChI is InChI=1S/C19H21NS/c1-2-11-20-19(17-10-12-21-14-17)13-16-8-5-7-15-6-3-4-9-18(15)16/h3-10,12,14,19-20H,2,11,13H2,1H3. The molecule has 1 N–H and O–H groups in total. The van der Waals surface area contributed by atoms with Crippen LogP contribution in [0.4, 0.5) is 0 Å². The Morgan fingerprint density at radius 3 is 2.71 bits per heavy atom. The third-order valence-corrected chi connectivity index (χ3v) is 4.59. The normalized spacial score (nSPS) is 12.6. The Morgan fingerprint density at radius 1 is 1.05 bits per heavy atom. The van der Waals surface area contributed by atoms with Gasteiger partial charge >= 0.3 is 0 Å². The van der Waals surface area contributed by atoms with E-state index in [0.717, 1.165) is 19.4 Å². The highest BCUT2D eigenvalue weighted by molar-refractivity contribution is 7.07. The molecule has 0 fully saturated rings. The average Bonchev–Trinajstić information content (AvgIpc) is 3.06. The molecule has 1 atom stereocenters. The summed E-state index contributed by atoms with van der Waals surface area (Å²) in [6.45, 7) is 3.28. The lowest BCUT2D eigenvalue weighted by atomic mass is 9.96. The fourth-order valence-corrected chi connectivity index (χ4v) is 3.50. The SMILES string of the molecule is CCCNC(Cc1cccc2ccccc12)c1ccsc1. The zero-order chi connectivity index (χ0) is 14.5. The summed E-state index contributed by atoms with van der Waals surface area (Å²) >= 11 is 1.78. The molecule has 0 spiro atoms. The Kier molecular flexibility index (Phi) is 4.69. The lowest BCUT2D eigenvalue weighted by Gasteiger charge is -2.19. The van der Waals surface area contributed by atoms with Crippen LogP contribution in [0.3, 0.4) is 0 Å². The molecule has 108 valence electrons. The molecule has 0 bridgehead atoms. The number of nitrogens with one attached hydrogen (secondary N) is 1. The monoisotopic (exact) mass is 295 g/mol. The van der Waals surface area contributed by atoms with E-state index in [4.69, 9.17) is 0 Å². The molecule has 1 nitrogen and oxygen atoms in total. The van der Waals surface area contributed by atoms with Crippen molar-refractivity contribution in [1.29, 1.82) is 0 Å². The minimum Gasteiger partial charge on any atom is -0.310 e. The van der Waals surface area contributed by atoms with Gasteiger partial charge in [-0.3, -0.25) is 0 Å². The van der Waals surface area contributed by atoms with Crippen LogP contribution < -0.4 is 5.32 Å². The van der Waals surface area contributed by atoms with Crippen LogP contribution in [-0.2, 0) is 6.42 Å². The van der Waals surface area contributed by atoms with E-state index in [-0.39, 0.29) is 0 Å². The summed E-state index contributed by atoms with van der Waals surface area (Å²) in [6.07, 6.45) is 2.20. The summed E-state index contributed by atoms with van der Waals surface area (Å²) in [7, 11) is 0. The summed E-state index contributed by atoms with van der Waals surface area (Å²) in [6, 6.07) is 17.9. The maximum absolute atomic E-state index is 3.69. The van der Waals surface area contributed by atoms with Gasteiger partial charge in [0.25, 0.3) is 0 Å². The third kappa shape index (κ3) is 3.34. The Hall–Kier alpha value is -1.64. The largest absolute Gasteiger partial charge is 0.310 e. The number of hydrogen-bond donors (Lipinski definition) is 1. The third-order valence-electron chi connectivity index (χ3n) is 3.89. The molecule has 0 saturated heterocycles. The van der Waals surface area contributed by atoms with Crippen molar-refractivity contribution >= 4 is 22.1 Å². The molecule has 0 aliphatic rings. The summed E-state index contributed by atoms with van der Waals surface area (Å²) in [4.78, 5) is 0. The lowest BCUT2D eigenvalue weighted by Crippen LogP contribution is -2.23. The first-order valence-electron chi connectivity index (χ1n) is 7.60. The van der Waals surface area contributed by atoms with E-state index in [1.807, 2.05) is 0 Å². The number of fused-ring (bicyclic) bond motifs is 1. The molecule has 2 heteroatoms. The molecular formula is C19H21NS. The number of rotatable bonds is 6. The quantitative estimate of drug-likeness (QED) is 0.660. The summed E-state index contributed by atoms with van der Waals surface area (Å²) in [5, 5.41) is 10.8. The van der Waals surface area contributed by atoms with Crippen LogP contribution in [0.5, 0.6) is 0 Å². The topological polar surface area (TPSA) is 12.0 Å². The van der Waals surface area contributed by atoms with Gasteiger partial charge in [-0.2, -0.15) is 11.3 Å². The van der Waals surface area contributed by atoms with Gasteiger partial charge in [0.1, 0.15) is 0 Å². The molecule has 0 aliphatic carbocycles. The number of thiophene rings is 1. The van der Waals surface area contributed by atoms with Gasteiger partial charge in [0.05, 0.1) is 0 Å². The van der Waals surface area contributed by atoms with Crippen LogP contribution in [0.25, 0.3) is 10.8 Å². The number of benzene rings is 2. The van der Waals surface area contributed by atoms with Gasteiger partial charge in [0.2, 0.25) is 0 Å². The van der Waals surface area contributed by atoms with E-state index in [2.05, 4.69) is 71.5 Å². The second kappa shape index (κ2) is 6.88. The van der Waals surface area contributed by atoms with Crippen LogP contribution in [0.2, 0.25) is 0 Å². The predicted octanol–water partition coefficient (Wildman–Crippen LogP) is 5.18. The van der Waals surface area contributed by atoms with Crippen molar-refractivity contribution in [1.82, 2.24) is 5.32 Å². The fraction of sp³-hybridized carbons (Fsp3) is 0.263. The predicted molar refractivity (Wildman–Crippen MR) is 93.0 cm³/mol. The van der Waals surface area contributed by atoms with Gasteiger partial charge in [-0.05, 0) is 58.1 Å². The molecule has 0 radical (unpaired) electrons. The first kappa shape index (κ1) is 14.3. The Balaban J connectivity index is 1.90. The molecule has 0 aliphatic heterocycles. The first-order chi connectivity index (χ1) is 10.4. The lowest BCUT2D eigenvalue weighted by molar-refractivity contribution is 0.532. The Morgan fingerprint density at radius 2 is 1.90 bits per heavy atom. The van der Waals surface area contributed by atoms with Crippen molar-refractivity contribution in [3.8, 4) is 0 Å². The van der Waals surface area contributed by atoms with Gasteiger partial charge < -0.3 is 5.32 Å². The van der Waals surface area contributed by atoms with E-state index in [1.54, 1.807) is 11.3 Å². The van der Waals surface area contributed by atoms with Crippen molar-refractivity contribution in [3.63, 3.8) is 0 Å². The molecule has 0 saturated carbocycles. The van der Waals surface area contributed by atoms with Crippen molar-refractivity contribution in [3.05, 3.63) is 70.4 Å². The summed E-state index contributed by atoms with van der Waals surface area (Å²) in [5.41, 5.74) is 2.83. The van der Waals surface area contributed by atoms with Crippen molar-refractivity contribution in [2.24, 2.45) is 0 Å². The average molecular weight is 295 g/mol. The Bertz CT molecular complexity index is 682. The highest BCUT2D eigenvalue weighted by Crippen LogP contribution is 2.25. The van der Waals surface area contributed by atoms with E-state index in [0.29, 0.717) is 6.04 Å². The highest BCUT2D eigenvalue weighted by atomic mass is 32.1. The zero-order valence-corrected chi connectivity index (χ0v) is 13.2. The van der Waals surface area contributed by atoms with E-state index >= 15 is 0 Å². The molecule has 0 amide bonds. The van der Waals surface area contributed by atoms with E-state index in [1.165, 1.54) is 21.9 Å². The van der Waals surface area contributed by atoms with Gasteiger partial charge in [-0.25, -0.2) is 0 Å². The van der Waals surface area contributed by atoms with Gasteiger partial charge in [0.15, 0.2) is 0 Å². The highest BCUT2D eigenvalue weighted by Gasteiger charge is 2.13. The fourth-order valence-electron chi connectivity index (χ4n) is 2.79. The molecule has 2 aromatic carbocycles. The molecular weight excluding hydrogens is 274 g/mol. The maximum Gasteiger partial charge on any atom is 0.0369 e. The van der Waals surface area contributed by atoms with Gasteiger partial charge in [0, 0.05) is 6.04 Å². The number of hydrogen-bond acceptors (Lipinski definition) is 2. The smallest absolute Gasteiger partial charge is 0.0369 e. The summed E-state index contributed by atoms with van der Waals surface area (Å²) in [5.74, 6) is 0. The molecule has 1 heterocycles. The summed E-state index contributed by atoms with van der Waals surface area (Å²) < 4.78 is 0. The molecule has 21 heavy (non-hydrogen) atoms. The second-order valence-corrected chi connectivity index (χ2v) is 6.19.